The number of halogens is 1. The summed E-state index contributed by atoms with van der Waals surface area (Å²) in [6, 6.07) is 8.41. The lowest BCUT2D eigenvalue weighted by Crippen LogP contribution is -2.21. The van der Waals surface area contributed by atoms with Gasteiger partial charge in [-0.1, -0.05) is 48.9 Å². The highest BCUT2D eigenvalue weighted by Crippen LogP contribution is 2.36. The zero-order valence-electron chi connectivity index (χ0n) is 17.9. The van der Waals surface area contributed by atoms with Gasteiger partial charge in [0.05, 0.1) is 28.4 Å². The Morgan fingerprint density at radius 2 is 1.90 bits per heavy atom. The Hall–Kier alpha value is -2.36. The molecule has 2 aromatic heterocycles. The van der Waals surface area contributed by atoms with Crippen molar-refractivity contribution >= 4 is 43.8 Å². The molecule has 31 heavy (non-hydrogen) atoms. The van der Waals surface area contributed by atoms with Crippen molar-refractivity contribution in [2.45, 2.75) is 38.6 Å². The third-order valence-corrected chi connectivity index (χ3v) is 7.66. The first-order chi connectivity index (χ1) is 14.6. The quantitative estimate of drug-likeness (QED) is 0.446. The Bertz CT molecular complexity index is 1180. The van der Waals surface area contributed by atoms with E-state index in [9.17, 15) is 8.42 Å². The summed E-state index contributed by atoms with van der Waals surface area (Å²) in [7, 11) is -2.62. The number of hydrogen-bond donors (Lipinski definition) is 2. The molecule has 3 rings (SSSR count). The number of benzene rings is 1. The summed E-state index contributed by atoms with van der Waals surface area (Å²) in [5, 5.41) is 4.47. The number of rotatable bonds is 8. The highest BCUT2D eigenvalue weighted by molar-refractivity contribution is 7.92. The van der Waals surface area contributed by atoms with Crippen LogP contribution in [0.3, 0.4) is 0 Å². The molecule has 0 aliphatic rings. The van der Waals surface area contributed by atoms with Crippen molar-refractivity contribution in [1.82, 2.24) is 9.97 Å². The fraction of sp³-hybridized carbons (Fsp3) is 0.333. The predicted molar refractivity (Wildman–Crippen MR) is 127 cm³/mol. The molecule has 0 aliphatic heterocycles. The van der Waals surface area contributed by atoms with Gasteiger partial charge in [-0.2, -0.15) is 0 Å². The Balaban J connectivity index is 2.00. The van der Waals surface area contributed by atoms with Crippen LogP contribution in [-0.4, -0.2) is 31.5 Å². The van der Waals surface area contributed by atoms with Crippen LogP contribution in [0.5, 0.6) is 5.88 Å². The first kappa shape index (κ1) is 23.3. The number of sulfonamides is 1. The number of aromatic nitrogens is 2. The number of hydrogen-bond acceptors (Lipinski definition) is 7. The third-order valence-electron chi connectivity index (χ3n) is 4.83. The number of para-hydroxylation sites is 1. The van der Waals surface area contributed by atoms with Crippen LogP contribution in [0.15, 0.2) is 41.4 Å². The van der Waals surface area contributed by atoms with Crippen LogP contribution in [0.25, 0.3) is 10.4 Å². The van der Waals surface area contributed by atoms with E-state index in [0.29, 0.717) is 16.5 Å². The van der Waals surface area contributed by atoms with Gasteiger partial charge in [-0.3, -0.25) is 4.72 Å². The zero-order valence-corrected chi connectivity index (χ0v) is 20.3. The normalized spacial score (nSPS) is 12.6. The maximum atomic E-state index is 13.1. The number of nitrogens with zero attached hydrogens (tertiary/aromatic N) is 2. The second-order valence-corrected chi connectivity index (χ2v) is 10.5. The van der Waals surface area contributed by atoms with Gasteiger partial charge >= 0.3 is 0 Å². The van der Waals surface area contributed by atoms with E-state index >= 15 is 0 Å². The van der Waals surface area contributed by atoms with Gasteiger partial charge in [-0.25, -0.2) is 18.4 Å². The molecule has 3 aromatic rings. The lowest BCUT2D eigenvalue weighted by molar-refractivity contribution is 0.385. The van der Waals surface area contributed by atoms with E-state index in [1.54, 1.807) is 36.5 Å². The molecule has 0 bridgehead atoms. The molecule has 0 fully saturated rings. The van der Waals surface area contributed by atoms with E-state index in [4.69, 9.17) is 16.3 Å². The van der Waals surface area contributed by atoms with Crippen LogP contribution in [0.4, 0.5) is 10.8 Å². The molecule has 0 radical (unpaired) electrons. The minimum absolute atomic E-state index is 0.00255. The molecule has 0 amide bonds. The van der Waals surface area contributed by atoms with Crippen LogP contribution in [0, 0.1) is 12.8 Å². The number of thiazole rings is 1. The van der Waals surface area contributed by atoms with Crippen molar-refractivity contribution in [2.75, 3.05) is 17.1 Å². The molecule has 0 aliphatic carbocycles. The minimum atomic E-state index is -4.00. The van der Waals surface area contributed by atoms with Gasteiger partial charge in [-0.15, -0.1) is 0 Å². The molecule has 0 saturated heterocycles. The maximum absolute atomic E-state index is 13.1. The van der Waals surface area contributed by atoms with Crippen LogP contribution in [0.1, 0.15) is 26.5 Å². The lowest BCUT2D eigenvalue weighted by Gasteiger charge is -2.16. The van der Waals surface area contributed by atoms with Crippen molar-refractivity contribution < 1.29 is 13.2 Å². The molecular weight excluding hydrogens is 456 g/mol. The van der Waals surface area contributed by atoms with Gasteiger partial charge in [0.25, 0.3) is 10.0 Å². The summed E-state index contributed by atoms with van der Waals surface area (Å²) < 4.78 is 34.0. The summed E-state index contributed by atoms with van der Waals surface area (Å²) in [4.78, 5) is 9.57. The average molecular weight is 481 g/mol. The standard InChI is InChI=1S/C21H25ClN4O3S2/c1-12(2)13(3)24-21-25-14(4)19(30-21)15-10-18(20(29-5)23-11-15)31(27,28)26-17-9-7-6-8-16(17)22/h6-13,26H,1-5H3,(H,24,25). The second-order valence-electron chi connectivity index (χ2n) is 7.43. The lowest BCUT2D eigenvalue weighted by atomic mass is 10.1. The number of methoxy groups -OCH3 is 1. The first-order valence-electron chi connectivity index (χ1n) is 9.68. The van der Waals surface area contributed by atoms with E-state index in [0.717, 1.165) is 15.7 Å². The molecule has 0 saturated carbocycles. The van der Waals surface area contributed by atoms with Gasteiger partial charge in [-0.05, 0) is 38.0 Å². The fourth-order valence-electron chi connectivity index (χ4n) is 2.73. The van der Waals surface area contributed by atoms with Gasteiger partial charge in [0.1, 0.15) is 4.90 Å². The number of anilines is 2. The molecule has 0 spiro atoms. The van der Waals surface area contributed by atoms with E-state index < -0.39 is 10.0 Å². The molecule has 10 heteroatoms. The number of aryl methyl sites for hydroxylation is 1. The Morgan fingerprint density at radius 1 is 1.19 bits per heavy atom. The van der Waals surface area contributed by atoms with Crippen molar-refractivity contribution in [1.29, 1.82) is 0 Å². The summed E-state index contributed by atoms with van der Waals surface area (Å²) in [6.07, 6.45) is 1.59. The third kappa shape index (κ3) is 5.28. The number of pyridine rings is 1. The summed E-state index contributed by atoms with van der Waals surface area (Å²) in [5.74, 6) is 0.445. The van der Waals surface area contributed by atoms with Crippen LogP contribution in [0.2, 0.25) is 5.02 Å². The molecule has 166 valence electrons. The summed E-state index contributed by atoms with van der Waals surface area (Å²) >= 11 is 7.58. The van der Waals surface area contributed by atoms with Gasteiger partial charge in [0.2, 0.25) is 5.88 Å². The number of ether oxygens (including phenoxy) is 1. The Morgan fingerprint density at radius 3 is 2.55 bits per heavy atom. The number of nitrogens with one attached hydrogen (secondary N) is 2. The Labute approximate surface area is 191 Å². The molecule has 2 heterocycles. The van der Waals surface area contributed by atoms with Crippen molar-refractivity contribution in [3.05, 3.63) is 47.2 Å². The smallest absolute Gasteiger partial charge is 0.267 e. The molecule has 7 nitrogen and oxygen atoms in total. The molecular formula is C21H25ClN4O3S2. The van der Waals surface area contributed by atoms with E-state index in [2.05, 4.69) is 40.8 Å². The Kier molecular flexibility index (Phi) is 7.08. The van der Waals surface area contributed by atoms with Crippen LogP contribution in [-0.2, 0) is 10.0 Å². The van der Waals surface area contributed by atoms with Crippen molar-refractivity contribution in [2.24, 2.45) is 5.92 Å². The highest BCUT2D eigenvalue weighted by Gasteiger charge is 2.24. The second kappa shape index (κ2) is 9.42. The fourth-order valence-corrected chi connectivity index (χ4v) is 5.24. The average Bonchev–Trinajstić information content (AvgIpc) is 3.09. The van der Waals surface area contributed by atoms with E-state index in [1.165, 1.54) is 18.4 Å². The minimum Gasteiger partial charge on any atom is -0.480 e. The summed E-state index contributed by atoms with van der Waals surface area (Å²) in [5.41, 5.74) is 1.71. The van der Waals surface area contributed by atoms with Crippen LogP contribution >= 0.6 is 22.9 Å². The van der Waals surface area contributed by atoms with Crippen LogP contribution < -0.4 is 14.8 Å². The van der Waals surface area contributed by atoms with Gasteiger partial charge in [0, 0.05) is 17.8 Å². The largest absolute Gasteiger partial charge is 0.480 e. The predicted octanol–water partition coefficient (Wildman–Crippen LogP) is 5.43. The van der Waals surface area contributed by atoms with Gasteiger partial charge in [0.15, 0.2) is 5.13 Å². The van der Waals surface area contributed by atoms with Crippen molar-refractivity contribution in [3.63, 3.8) is 0 Å². The molecule has 2 N–H and O–H groups in total. The topological polar surface area (TPSA) is 93.2 Å². The van der Waals surface area contributed by atoms with Gasteiger partial charge < -0.3 is 10.1 Å². The maximum Gasteiger partial charge on any atom is 0.267 e. The summed E-state index contributed by atoms with van der Waals surface area (Å²) in [6.45, 7) is 8.25. The molecule has 1 atom stereocenters. The monoisotopic (exact) mass is 480 g/mol. The highest BCUT2D eigenvalue weighted by atomic mass is 35.5. The first-order valence-corrected chi connectivity index (χ1v) is 12.4. The molecule has 1 unspecified atom stereocenters. The SMILES string of the molecule is COc1ncc(-c2sc(NC(C)C(C)C)nc2C)cc1S(=O)(=O)Nc1ccccc1Cl. The zero-order chi connectivity index (χ0) is 22.8. The van der Waals surface area contributed by atoms with Crippen molar-refractivity contribution in [3.8, 4) is 16.3 Å². The van der Waals surface area contributed by atoms with E-state index in [1.807, 2.05) is 6.92 Å². The van der Waals surface area contributed by atoms with E-state index in [-0.39, 0.29) is 22.5 Å². The molecule has 1 aromatic carbocycles.